The summed E-state index contributed by atoms with van der Waals surface area (Å²) >= 11 is 6.32. The van der Waals surface area contributed by atoms with Crippen LogP contribution in [0.5, 0.6) is 0 Å². The molecular formula is C34H40ClF3N2O3. The van der Waals surface area contributed by atoms with Crippen molar-refractivity contribution in [2.75, 3.05) is 32.8 Å². The van der Waals surface area contributed by atoms with Crippen LogP contribution in [0.4, 0.5) is 18.0 Å². The highest BCUT2D eigenvalue weighted by atomic mass is 35.5. The molecule has 0 spiro atoms. The largest absolute Gasteiger partial charge is 0.444 e. The first kappa shape index (κ1) is 32.8. The molecule has 1 atom stereocenters. The van der Waals surface area contributed by atoms with Gasteiger partial charge in [0.05, 0.1) is 23.2 Å². The Kier molecular flexibility index (Phi) is 11.2. The molecule has 0 unspecified atom stereocenters. The summed E-state index contributed by atoms with van der Waals surface area (Å²) in [6.45, 7) is 8.46. The molecule has 0 aliphatic carbocycles. The van der Waals surface area contributed by atoms with Crippen molar-refractivity contribution in [2.24, 2.45) is 0 Å². The Morgan fingerprint density at radius 2 is 1.60 bits per heavy atom. The molecule has 1 heterocycles. The van der Waals surface area contributed by atoms with Crippen LogP contribution in [-0.4, -0.2) is 60.4 Å². The van der Waals surface area contributed by atoms with E-state index in [1.807, 2.05) is 57.2 Å². The molecule has 1 aliphatic rings. The number of ether oxygens (including phenoxy) is 2. The second-order valence-electron chi connectivity index (χ2n) is 11.9. The number of hydrogen-bond donors (Lipinski definition) is 0. The lowest BCUT2D eigenvalue weighted by Gasteiger charge is -2.29. The fourth-order valence-electron chi connectivity index (χ4n) is 5.32. The highest BCUT2D eigenvalue weighted by Crippen LogP contribution is 2.37. The van der Waals surface area contributed by atoms with Crippen molar-refractivity contribution >= 4 is 17.7 Å². The van der Waals surface area contributed by atoms with Gasteiger partial charge in [-0.3, -0.25) is 4.90 Å². The van der Waals surface area contributed by atoms with Gasteiger partial charge in [-0.25, -0.2) is 4.79 Å². The minimum Gasteiger partial charge on any atom is -0.444 e. The Morgan fingerprint density at radius 3 is 2.19 bits per heavy atom. The number of nitrogens with zero attached hydrogens (tertiary/aromatic N) is 2. The van der Waals surface area contributed by atoms with Crippen molar-refractivity contribution in [3.8, 4) is 0 Å². The van der Waals surface area contributed by atoms with Crippen molar-refractivity contribution in [2.45, 2.75) is 64.0 Å². The van der Waals surface area contributed by atoms with Crippen LogP contribution in [0.2, 0.25) is 5.02 Å². The van der Waals surface area contributed by atoms with E-state index in [1.165, 1.54) is 6.07 Å². The SMILES string of the molecule is CC(C)(C)OC(=O)N1CC[C@H](OCCCN(Cc2cccc(C(F)(F)F)c2Cl)CC(c2ccccc2)c2ccccc2)C1. The second kappa shape index (κ2) is 14.6. The van der Waals surface area contributed by atoms with Gasteiger partial charge in [0.25, 0.3) is 0 Å². The van der Waals surface area contributed by atoms with Crippen LogP contribution in [0.1, 0.15) is 61.8 Å². The minimum atomic E-state index is -4.53. The minimum absolute atomic E-state index is 0.00473. The highest BCUT2D eigenvalue weighted by Gasteiger charge is 2.34. The molecule has 43 heavy (non-hydrogen) atoms. The Bertz CT molecular complexity index is 1280. The lowest BCUT2D eigenvalue weighted by molar-refractivity contribution is -0.137. The predicted molar refractivity (Wildman–Crippen MR) is 163 cm³/mol. The van der Waals surface area contributed by atoms with Crippen LogP contribution in [-0.2, 0) is 22.2 Å². The fourth-order valence-corrected chi connectivity index (χ4v) is 5.62. The number of hydrogen-bond acceptors (Lipinski definition) is 4. The number of alkyl halides is 3. The van der Waals surface area contributed by atoms with Crippen LogP contribution in [0.15, 0.2) is 78.9 Å². The summed E-state index contributed by atoms with van der Waals surface area (Å²) in [7, 11) is 0. The van der Waals surface area contributed by atoms with Gasteiger partial charge >= 0.3 is 12.3 Å². The van der Waals surface area contributed by atoms with E-state index < -0.39 is 17.3 Å². The third-order valence-corrected chi connectivity index (χ3v) is 7.84. The predicted octanol–water partition coefficient (Wildman–Crippen LogP) is 8.41. The maximum absolute atomic E-state index is 13.6. The molecule has 4 rings (SSSR count). The summed E-state index contributed by atoms with van der Waals surface area (Å²) in [6, 6.07) is 24.3. The molecule has 232 valence electrons. The molecule has 0 bridgehead atoms. The summed E-state index contributed by atoms with van der Waals surface area (Å²) in [6.07, 6.45) is -3.56. The maximum atomic E-state index is 13.6. The van der Waals surface area contributed by atoms with Gasteiger partial charge in [0.1, 0.15) is 5.60 Å². The highest BCUT2D eigenvalue weighted by molar-refractivity contribution is 6.32. The van der Waals surface area contributed by atoms with E-state index >= 15 is 0 Å². The van der Waals surface area contributed by atoms with E-state index in [-0.39, 0.29) is 29.7 Å². The molecule has 1 fully saturated rings. The van der Waals surface area contributed by atoms with Gasteiger partial charge in [-0.2, -0.15) is 13.2 Å². The van der Waals surface area contributed by atoms with Crippen molar-refractivity contribution in [1.29, 1.82) is 0 Å². The van der Waals surface area contributed by atoms with E-state index in [0.717, 1.165) is 23.6 Å². The Balaban J connectivity index is 1.46. The van der Waals surface area contributed by atoms with Crippen molar-refractivity contribution < 1.29 is 27.4 Å². The zero-order valence-corrected chi connectivity index (χ0v) is 25.7. The van der Waals surface area contributed by atoms with Gasteiger partial charge in [-0.05, 0) is 56.4 Å². The number of carbonyl (C=O) groups excluding carboxylic acids is 1. The fraction of sp³-hybridized carbons (Fsp3) is 0.441. The normalized spacial score (nSPS) is 15.8. The molecule has 9 heteroatoms. The van der Waals surface area contributed by atoms with E-state index in [2.05, 4.69) is 29.2 Å². The van der Waals surface area contributed by atoms with Crippen LogP contribution < -0.4 is 0 Å². The summed E-state index contributed by atoms with van der Waals surface area (Å²) in [5.74, 6) is 0.00473. The Hall–Kier alpha value is -3.07. The van der Waals surface area contributed by atoms with Crippen molar-refractivity contribution in [3.63, 3.8) is 0 Å². The smallest absolute Gasteiger partial charge is 0.417 e. The Morgan fingerprint density at radius 1 is 0.977 bits per heavy atom. The number of rotatable bonds is 11. The van der Waals surface area contributed by atoms with Gasteiger partial charge in [-0.1, -0.05) is 84.4 Å². The number of amides is 1. The first-order valence-corrected chi connectivity index (χ1v) is 15.0. The number of halogens is 4. The zero-order chi connectivity index (χ0) is 31.0. The van der Waals surface area contributed by atoms with Crippen LogP contribution >= 0.6 is 11.6 Å². The third-order valence-electron chi connectivity index (χ3n) is 7.39. The van der Waals surface area contributed by atoms with Crippen LogP contribution in [0.3, 0.4) is 0 Å². The van der Waals surface area contributed by atoms with Gasteiger partial charge in [0, 0.05) is 38.7 Å². The molecule has 1 aliphatic heterocycles. The summed E-state index contributed by atoms with van der Waals surface area (Å²) in [4.78, 5) is 16.2. The first-order chi connectivity index (χ1) is 20.4. The molecule has 0 saturated carbocycles. The van der Waals surface area contributed by atoms with Crippen LogP contribution in [0.25, 0.3) is 0 Å². The van der Waals surface area contributed by atoms with Gasteiger partial charge in [-0.15, -0.1) is 0 Å². The van der Waals surface area contributed by atoms with Crippen molar-refractivity contribution in [3.05, 3.63) is 106 Å². The molecular weight excluding hydrogens is 577 g/mol. The number of benzene rings is 3. The molecule has 5 nitrogen and oxygen atoms in total. The average Bonchev–Trinajstić information content (AvgIpc) is 3.43. The Labute approximate surface area is 257 Å². The number of likely N-dealkylation sites (tertiary alicyclic amines) is 1. The zero-order valence-electron chi connectivity index (χ0n) is 24.9. The van der Waals surface area contributed by atoms with Gasteiger partial charge in [0.15, 0.2) is 0 Å². The quantitative estimate of drug-likeness (QED) is 0.203. The standard InChI is InChI=1S/C34H40ClF3N2O3/c1-33(2,3)43-32(41)40-20-18-28(23-40)42-21-11-19-39(22-27-16-10-17-30(31(27)35)34(36,37)38)24-29(25-12-6-4-7-13-25)26-14-8-5-9-15-26/h4-10,12-17,28-29H,11,18-24H2,1-3H3/t28-/m0/s1. The van der Waals surface area contributed by atoms with E-state index in [1.54, 1.807) is 11.0 Å². The lowest BCUT2D eigenvalue weighted by Crippen LogP contribution is -2.36. The topological polar surface area (TPSA) is 42.0 Å². The summed E-state index contributed by atoms with van der Waals surface area (Å²) in [5, 5.41) is -0.264. The molecule has 1 saturated heterocycles. The molecule has 0 aromatic heterocycles. The van der Waals surface area contributed by atoms with Crippen LogP contribution in [0, 0.1) is 0 Å². The van der Waals surface area contributed by atoms with E-state index in [9.17, 15) is 18.0 Å². The van der Waals surface area contributed by atoms with Gasteiger partial charge in [0.2, 0.25) is 0 Å². The van der Waals surface area contributed by atoms with Crippen molar-refractivity contribution in [1.82, 2.24) is 9.80 Å². The lowest BCUT2D eigenvalue weighted by atomic mass is 9.90. The number of carbonyl (C=O) groups is 1. The second-order valence-corrected chi connectivity index (χ2v) is 12.3. The first-order valence-electron chi connectivity index (χ1n) is 14.7. The molecule has 3 aromatic carbocycles. The van der Waals surface area contributed by atoms with Gasteiger partial charge < -0.3 is 14.4 Å². The third kappa shape index (κ3) is 9.71. The summed E-state index contributed by atoms with van der Waals surface area (Å²) < 4.78 is 52.5. The molecule has 0 N–H and O–H groups in total. The average molecular weight is 617 g/mol. The van der Waals surface area contributed by atoms with E-state index in [0.29, 0.717) is 44.8 Å². The molecule has 1 amide bonds. The van der Waals surface area contributed by atoms with E-state index in [4.69, 9.17) is 21.1 Å². The molecule has 0 radical (unpaired) electrons. The maximum Gasteiger partial charge on any atom is 0.417 e. The summed E-state index contributed by atoms with van der Waals surface area (Å²) in [5.41, 5.74) is 1.30. The monoisotopic (exact) mass is 616 g/mol. The molecule has 3 aromatic rings.